The molecule has 1 aliphatic rings. The second-order valence-corrected chi connectivity index (χ2v) is 4.53. The van der Waals surface area contributed by atoms with Crippen LogP contribution in [0.5, 0.6) is 5.75 Å². The van der Waals surface area contributed by atoms with Crippen LogP contribution in [0.15, 0.2) is 18.2 Å². The quantitative estimate of drug-likeness (QED) is 0.820. The Labute approximate surface area is 91.4 Å². The van der Waals surface area contributed by atoms with Crippen LogP contribution < -0.4 is 10.5 Å². The fourth-order valence-electron chi connectivity index (χ4n) is 1.98. The number of methoxy groups -OCH3 is 1. The molecule has 0 aliphatic heterocycles. The molecule has 0 bridgehead atoms. The van der Waals surface area contributed by atoms with Crippen molar-refractivity contribution in [2.24, 2.45) is 11.7 Å². The third-order valence-electron chi connectivity index (χ3n) is 3.07. The van der Waals surface area contributed by atoms with E-state index in [1.54, 1.807) is 7.11 Å². The first-order valence-electron chi connectivity index (χ1n) is 5.61. The van der Waals surface area contributed by atoms with Crippen LogP contribution >= 0.6 is 0 Å². The van der Waals surface area contributed by atoms with Crippen molar-refractivity contribution >= 4 is 0 Å². The van der Waals surface area contributed by atoms with E-state index in [2.05, 4.69) is 19.1 Å². The van der Waals surface area contributed by atoms with Gasteiger partial charge in [0.2, 0.25) is 0 Å². The maximum atomic E-state index is 6.20. The third-order valence-corrected chi connectivity index (χ3v) is 3.07. The van der Waals surface area contributed by atoms with Gasteiger partial charge in [0.25, 0.3) is 0 Å². The number of aryl methyl sites for hydroxylation is 1. The lowest BCUT2D eigenvalue weighted by atomic mass is 9.99. The number of nitrogens with two attached hydrogens (primary N) is 1. The highest BCUT2D eigenvalue weighted by molar-refractivity contribution is 5.39. The molecule has 0 radical (unpaired) electrons. The van der Waals surface area contributed by atoms with Gasteiger partial charge in [-0.25, -0.2) is 0 Å². The van der Waals surface area contributed by atoms with Gasteiger partial charge in [0.05, 0.1) is 7.11 Å². The van der Waals surface area contributed by atoms with Gasteiger partial charge in [-0.3, -0.25) is 0 Å². The smallest absolute Gasteiger partial charge is 0.123 e. The molecule has 1 aromatic rings. The van der Waals surface area contributed by atoms with E-state index in [0.29, 0.717) is 0 Å². The van der Waals surface area contributed by atoms with Gasteiger partial charge in [0.1, 0.15) is 5.75 Å². The maximum Gasteiger partial charge on any atom is 0.123 e. The molecule has 2 nitrogen and oxygen atoms in total. The van der Waals surface area contributed by atoms with Crippen LogP contribution in [0, 0.1) is 12.8 Å². The fourth-order valence-corrected chi connectivity index (χ4v) is 1.98. The Bertz CT molecular complexity index is 344. The van der Waals surface area contributed by atoms with Gasteiger partial charge in [0.15, 0.2) is 0 Å². The molecule has 1 saturated carbocycles. The topological polar surface area (TPSA) is 35.2 Å². The zero-order valence-corrected chi connectivity index (χ0v) is 9.49. The Morgan fingerprint density at radius 2 is 2.20 bits per heavy atom. The van der Waals surface area contributed by atoms with Crippen molar-refractivity contribution in [1.29, 1.82) is 0 Å². The average molecular weight is 205 g/mol. The van der Waals surface area contributed by atoms with Crippen LogP contribution in [-0.2, 0) is 0 Å². The lowest BCUT2D eigenvalue weighted by molar-refractivity contribution is 0.403. The molecule has 0 spiro atoms. The standard InChI is InChI=1S/C13H19NO/c1-9-3-6-13(15-2)11(7-9)12(14)8-10-4-5-10/h3,6-7,10,12H,4-5,8,14H2,1-2H3. The second kappa shape index (κ2) is 4.23. The Morgan fingerprint density at radius 3 is 2.80 bits per heavy atom. The monoisotopic (exact) mass is 205 g/mol. The summed E-state index contributed by atoms with van der Waals surface area (Å²) >= 11 is 0. The molecule has 0 heterocycles. The Morgan fingerprint density at radius 1 is 1.47 bits per heavy atom. The van der Waals surface area contributed by atoms with Crippen molar-refractivity contribution in [1.82, 2.24) is 0 Å². The predicted octanol–water partition coefficient (Wildman–Crippen LogP) is 2.80. The van der Waals surface area contributed by atoms with Crippen LogP contribution in [0.4, 0.5) is 0 Å². The minimum Gasteiger partial charge on any atom is -0.496 e. The van der Waals surface area contributed by atoms with Crippen LogP contribution in [0.2, 0.25) is 0 Å². The Kier molecular flexibility index (Phi) is 2.96. The van der Waals surface area contributed by atoms with E-state index in [1.807, 2.05) is 6.07 Å². The van der Waals surface area contributed by atoms with Gasteiger partial charge in [-0.2, -0.15) is 0 Å². The first kappa shape index (κ1) is 10.5. The van der Waals surface area contributed by atoms with E-state index in [-0.39, 0.29) is 6.04 Å². The van der Waals surface area contributed by atoms with Crippen LogP contribution in [0.1, 0.15) is 36.4 Å². The minimum absolute atomic E-state index is 0.132. The summed E-state index contributed by atoms with van der Waals surface area (Å²) in [5.74, 6) is 1.78. The molecular formula is C13H19NO. The number of rotatable bonds is 4. The Hall–Kier alpha value is -1.02. The zero-order valence-electron chi connectivity index (χ0n) is 9.49. The Balaban J connectivity index is 2.18. The third kappa shape index (κ3) is 2.51. The van der Waals surface area contributed by atoms with Crippen molar-refractivity contribution in [2.75, 3.05) is 7.11 Å². The summed E-state index contributed by atoms with van der Waals surface area (Å²) < 4.78 is 5.34. The van der Waals surface area contributed by atoms with Gasteiger partial charge in [-0.15, -0.1) is 0 Å². The molecule has 1 aliphatic carbocycles. The molecule has 0 aromatic heterocycles. The van der Waals surface area contributed by atoms with E-state index >= 15 is 0 Å². The van der Waals surface area contributed by atoms with Gasteiger partial charge >= 0.3 is 0 Å². The van der Waals surface area contributed by atoms with Gasteiger partial charge in [-0.05, 0) is 25.3 Å². The van der Waals surface area contributed by atoms with E-state index < -0.39 is 0 Å². The second-order valence-electron chi connectivity index (χ2n) is 4.53. The molecule has 15 heavy (non-hydrogen) atoms. The number of hydrogen-bond donors (Lipinski definition) is 1. The molecule has 2 rings (SSSR count). The SMILES string of the molecule is COc1ccc(C)cc1C(N)CC1CC1. The fraction of sp³-hybridized carbons (Fsp3) is 0.538. The molecule has 0 amide bonds. The van der Waals surface area contributed by atoms with Crippen molar-refractivity contribution in [3.05, 3.63) is 29.3 Å². The summed E-state index contributed by atoms with van der Waals surface area (Å²) in [7, 11) is 1.71. The summed E-state index contributed by atoms with van der Waals surface area (Å²) in [5.41, 5.74) is 8.61. The minimum atomic E-state index is 0.132. The summed E-state index contributed by atoms with van der Waals surface area (Å²) in [6, 6.07) is 6.35. The first-order valence-corrected chi connectivity index (χ1v) is 5.61. The van der Waals surface area contributed by atoms with Gasteiger partial charge in [-0.1, -0.05) is 30.5 Å². The molecular weight excluding hydrogens is 186 g/mol. The molecule has 1 fully saturated rings. The number of benzene rings is 1. The van der Waals surface area contributed by atoms with E-state index in [9.17, 15) is 0 Å². The largest absolute Gasteiger partial charge is 0.496 e. The van der Waals surface area contributed by atoms with Gasteiger partial charge in [0, 0.05) is 11.6 Å². The van der Waals surface area contributed by atoms with Crippen molar-refractivity contribution in [3.8, 4) is 5.75 Å². The number of ether oxygens (including phenoxy) is 1. The molecule has 82 valence electrons. The van der Waals surface area contributed by atoms with Crippen LogP contribution in [0.25, 0.3) is 0 Å². The first-order chi connectivity index (χ1) is 7.20. The van der Waals surface area contributed by atoms with Crippen LogP contribution in [0.3, 0.4) is 0 Å². The molecule has 2 heteroatoms. The highest BCUT2D eigenvalue weighted by Crippen LogP contribution is 2.38. The van der Waals surface area contributed by atoms with Crippen molar-refractivity contribution in [3.63, 3.8) is 0 Å². The summed E-state index contributed by atoms with van der Waals surface area (Å²) in [6.07, 6.45) is 3.80. The molecule has 1 unspecified atom stereocenters. The highest BCUT2D eigenvalue weighted by atomic mass is 16.5. The van der Waals surface area contributed by atoms with Crippen molar-refractivity contribution < 1.29 is 4.74 Å². The lowest BCUT2D eigenvalue weighted by Gasteiger charge is -2.16. The summed E-state index contributed by atoms with van der Waals surface area (Å²) in [4.78, 5) is 0. The molecule has 0 saturated heterocycles. The molecule has 1 atom stereocenters. The lowest BCUT2D eigenvalue weighted by Crippen LogP contribution is -2.12. The van der Waals surface area contributed by atoms with E-state index in [1.165, 1.54) is 18.4 Å². The summed E-state index contributed by atoms with van der Waals surface area (Å²) in [5, 5.41) is 0. The van der Waals surface area contributed by atoms with E-state index in [4.69, 9.17) is 10.5 Å². The predicted molar refractivity (Wildman–Crippen MR) is 62.0 cm³/mol. The zero-order chi connectivity index (χ0) is 10.8. The van der Waals surface area contributed by atoms with Gasteiger partial charge < -0.3 is 10.5 Å². The number of hydrogen-bond acceptors (Lipinski definition) is 2. The normalized spacial score (nSPS) is 17.5. The van der Waals surface area contributed by atoms with Crippen molar-refractivity contribution in [2.45, 2.75) is 32.2 Å². The van der Waals surface area contributed by atoms with E-state index in [0.717, 1.165) is 23.7 Å². The summed E-state index contributed by atoms with van der Waals surface area (Å²) in [6.45, 7) is 2.09. The van der Waals surface area contributed by atoms with Crippen LogP contribution in [-0.4, -0.2) is 7.11 Å². The average Bonchev–Trinajstić information content (AvgIpc) is 3.01. The molecule has 1 aromatic carbocycles. The maximum absolute atomic E-state index is 6.20. The highest BCUT2D eigenvalue weighted by Gasteiger charge is 2.25. The molecule has 2 N–H and O–H groups in total.